The zero-order valence-electron chi connectivity index (χ0n) is 12.5. The summed E-state index contributed by atoms with van der Waals surface area (Å²) in [5.74, 6) is -0.431. The van der Waals surface area contributed by atoms with Crippen LogP contribution in [0.4, 0.5) is 0 Å². The van der Waals surface area contributed by atoms with E-state index in [-0.39, 0.29) is 24.6 Å². The largest absolute Gasteiger partial charge is 0.469 e. The Kier molecular flexibility index (Phi) is 5.93. The molecule has 20 heavy (non-hydrogen) atoms. The summed E-state index contributed by atoms with van der Waals surface area (Å²) in [6.45, 7) is 4.50. The number of hydrogen-bond acceptors (Lipinski definition) is 5. The van der Waals surface area contributed by atoms with E-state index in [0.29, 0.717) is 19.4 Å². The molecule has 0 aromatic heterocycles. The number of nitrogens with one attached hydrogen (secondary N) is 1. The quantitative estimate of drug-likeness (QED) is 0.712. The highest BCUT2D eigenvalue weighted by Crippen LogP contribution is 2.24. The van der Waals surface area contributed by atoms with Crippen LogP contribution in [0.25, 0.3) is 0 Å². The molecule has 0 aliphatic carbocycles. The predicted molar refractivity (Wildman–Crippen MR) is 74.4 cm³/mol. The van der Waals surface area contributed by atoms with Crippen LogP contribution in [0.5, 0.6) is 0 Å². The lowest BCUT2D eigenvalue weighted by molar-refractivity contribution is -0.140. The van der Waals surface area contributed by atoms with Crippen molar-refractivity contribution in [1.82, 2.24) is 9.03 Å². The molecule has 0 aromatic carbocycles. The summed E-state index contributed by atoms with van der Waals surface area (Å²) in [4.78, 5) is 11.0. The molecule has 0 aromatic rings. The summed E-state index contributed by atoms with van der Waals surface area (Å²) in [5.41, 5.74) is -0.323. The minimum atomic E-state index is -3.59. The van der Waals surface area contributed by atoms with Gasteiger partial charge in [0.15, 0.2) is 0 Å². The molecular formula is C12H24N2O5S. The molecule has 118 valence electrons. The van der Waals surface area contributed by atoms with Crippen LogP contribution in [0.2, 0.25) is 0 Å². The zero-order chi connectivity index (χ0) is 15.4. The van der Waals surface area contributed by atoms with Gasteiger partial charge >= 0.3 is 5.97 Å². The van der Waals surface area contributed by atoms with Crippen molar-refractivity contribution in [1.29, 1.82) is 0 Å². The van der Waals surface area contributed by atoms with E-state index in [1.807, 2.05) is 13.8 Å². The third-order valence-electron chi connectivity index (χ3n) is 3.28. The van der Waals surface area contributed by atoms with E-state index < -0.39 is 16.2 Å². The van der Waals surface area contributed by atoms with Crippen LogP contribution in [-0.4, -0.2) is 57.6 Å². The van der Waals surface area contributed by atoms with Crippen molar-refractivity contribution in [2.75, 3.05) is 27.3 Å². The van der Waals surface area contributed by atoms with E-state index >= 15 is 0 Å². The Labute approximate surface area is 120 Å². The predicted octanol–water partition coefficient (Wildman–Crippen LogP) is 0.273. The van der Waals surface area contributed by atoms with Gasteiger partial charge in [0.1, 0.15) is 0 Å². The van der Waals surface area contributed by atoms with Gasteiger partial charge < -0.3 is 9.47 Å². The second-order valence-corrected chi connectivity index (χ2v) is 7.38. The van der Waals surface area contributed by atoms with Crippen molar-refractivity contribution >= 4 is 16.2 Å². The van der Waals surface area contributed by atoms with E-state index in [1.54, 1.807) is 0 Å². The zero-order valence-corrected chi connectivity index (χ0v) is 13.3. The molecule has 0 amide bonds. The molecule has 1 saturated heterocycles. The number of rotatable bonds is 6. The van der Waals surface area contributed by atoms with E-state index in [2.05, 4.69) is 9.46 Å². The standard InChI is InChI=1S/C12H24N2O5S/c1-12(2)9-10(6-8-19-12)13-20(16,17)14(3)7-5-11(15)18-4/h10,13H,5-9H2,1-4H3. The number of ether oxygens (including phenoxy) is 2. The first-order valence-corrected chi connectivity index (χ1v) is 8.05. The average molecular weight is 308 g/mol. The first-order valence-electron chi connectivity index (χ1n) is 6.61. The minimum Gasteiger partial charge on any atom is -0.469 e. The van der Waals surface area contributed by atoms with Crippen molar-refractivity contribution < 1.29 is 22.7 Å². The fourth-order valence-electron chi connectivity index (χ4n) is 2.10. The van der Waals surface area contributed by atoms with Gasteiger partial charge in [0.2, 0.25) is 0 Å². The molecule has 0 spiro atoms. The Bertz CT molecular complexity index is 435. The first kappa shape index (κ1) is 17.4. The number of nitrogens with zero attached hydrogens (tertiary/aromatic N) is 1. The molecule has 1 N–H and O–H groups in total. The van der Waals surface area contributed by atoms with Crippen molar-refractivity contribution in [3.63, 3.8) is 0 Å². The maximum absolute atomic E-state index is 12.1. The van der Waals surface area contributed by atoms with Gasteiger partial charge in [0.25, 0.3) is 10.2 Å². The minimum absolute atomic E-state index is 0.0349. The van der Waals surface area contributed by atoms with Crippen molar-refractivity contribution in [2.45, 2.75) is 44.8 Å². The van der Waals surface area contributed by atoms with E-state index in [9.17, 15) is 13.2 Å². The topological polar surface area (TPSA) is 84.9 Å². The van der Waals surface area contributed by atoms with Gasteiger partial charge in [0.05, 0.1) is 19.1 Å². The lowest BCUT2D eigenvalue weighted by Gasteiger charge is -2.36. The molecule has 1 unspecified atom stereocenters. The summed E-state index contributed by atoms with van der Waals surface area (Å²) in [6.07, 6.45) is 1.30. The number of esters is 1. The van der Waals surface area contributed by atoms with Gasteiger partial charge in [0, 0.05) is 26.2 Å². The van der Waals surface area contributed by atoms with Crippen molar-refractivity contribution in [3.8, 4) is 0 Å². The fraction of sp³-hybridized carbons (Fsp3) is 0.917. The van der Waals surface area contributed by atoms with Gasteiger partial charge in [-0.3, -0.25) is 4.79 Å². The van der Waals surface area contributed by atoms with Gasteiger partial charge in [-0.2, -0.15) is 17.4 Å². The molecule has 8 heteroatoms. The lowest BCUT2D eigenvalue weighted by atomic mass is 9.95. The monoisotopic (exact) mass is 308 g/mol. The number of hydrogen-bond donors (Lipinski definition) is 1. The Morgan fingerprint density at radius 1 is 1.50 bits per heavy atom. The smallest absolute Gasteiger partial charge is 0.306 e. The summed E-state index contributed by atoms with van der Waals surface area (Å²) < 4.78 is 38.1. The van der Waals surface area contributed by atoms with Crippen LogP contribution in [0.15, 0.2) is 0 Å². The van der Waals surface area contributed by atoms with Gasteiger partial charge in [-0.15, -0.1) is 0 Å². The van der Waals surface area contributed by atoms with E-state index in [1.165, 1.54) is 14.2 Å². The normalized spacial score (nSPS) is 22.8. The third-order valence-corrected chi connectivity index (χ3v) is 4.92. The van der Waals surface area contributed by atoms with Crippen molar-refractivity contribution in [3.05, 3.63) is 0 Å². The molecule has 1 fully saturated rings. The van der Waals surface area contributed by atoms with Crippen LogP contribution >= 0.6 is 0 Å². The number of methoxy groups -OCH3 is 1. The molecule has 0 bridgehead atoms. The van der Waals surface area contributed by atoms with E-state index in [0.717, 1.165) is 4.31 Å². The highest BCUT2D eigenvalue weighted by molar-refractivity contribution is 7.87. The van der Waals surface area contributed by atoms with Crippen LogP contribution in [0.1, 0.15) is 33.1 Å². The maximum atomic E-state index is 12.1. The van der Waals surface area contributed by atoms with Crippen LogP contribution in [0.3, 0.4) is 0 Å². The highest BCUT2D eigenvalue weighted by Gasteiger charge is 2.32. The summed E-state index contributed by atoms with van der Waals surface area (Å²) in [7, 11) is -0.877. The number of carbonyl (C=O) groups excluding carboxylic acids is 1. The van der Waals surface area contributed by atoms with Gasteiger partial charge in [-0.1, -0.05) is 0 Å². The van der Waals surface area contributed by atoms with Crippen LogP contribution < -0.4 is 4.72 Å². The van der Waals surface area contributed by atoms with Crippen molar-refractivity contribution in [2.24, 2.45) is 0 Å². The second-order valence-electron chi connectivity index (χ2n) is 5.57. The van der Waals surface area contributed by atoms with E-state index in [4.69, 9.17) is 4.74 Å². The Hall–Kier alpha value is -0.700. The summed E-state index contributed by atoms with van der Waals surface area (Å²) >= 11 is 0. The molecular weight excluding hydrogens is 284 g/mol. The first-order chi connectivity index (χ1) is 9.16. The third kappa shape index (κ3) is 5.35. The van der Waals surface area contributed by atoms with Crippen LogP contribution in [0, 0.1) is 0 Å². The molecule has 0 radical (unpaired) electrons. The fourth-order valence-corrected chi connectivity index (χ4v) is 3.24. The summed E-state index contributed by atoms with van der Waals surface area (Å²) in [5, 5.41) is 0. The molecule has 1 aliphatic heterocycles. The number of carbonyl (C=O) groups is 1. The average Bonchev–Trinajstić information content (AvgIpc) is 2.33. The molecule has 0 saturated carbocycles. The second kappa shape index (κ2) is 6.84. The Morgan fingerprint density at radius 3 is 2.70 bits per heavy atom. The Morgan fingerprint density at radius 2 is 2.15 bits per heavy atom. The summed E-state index contributed by atoms with van der Waals surface area (Å²) in [6, 6.07) is -0.149. The van der Waals surface area contributed by atoms with Gasteiger partial charge in [-0.25, -0.2) is 0 Å². The van der Waals surface area contributed by atoms with Crippen LogP contribution in [-0.2, 0) is 24.5 Å². The molecule has 1 rings (SSSR count). The Balaban J connectivity index is 2.53. The molecule has 7 nitrogen and oxygen atoms in total. The molecule has 1 aliphatic rings. The lowest BCUT2D eigenvalue weighted by Crippen LogP contribution is -2.49. The SMILES string of the molecule is COC(=O)CCN(C)S(=O)(=O)NC1CCOC(C)(C)C1. The highest BCUT2D eigenvalue weighted by atomic mass is 32.2. The molecule has 1 heterocycles. The van der Waals surface area contributed by atoms with Gasteiger partial charge in [-0.05, 0) is 26.7 Å². The maximum Gasteiger partial charge on any atom is 0.306 e. The molecule has 1 atom stereocenters.